The second-order valence-corrected chi connectivity index (χ2v) is 4.85. The second kappa shape index (κ2) is 8.33. The number of nitrogens with one attached hydrogen (secondary N) is 2. The molecule has 1 aromatic rings. The molecule has 0 aliphatic carbocycles. The van der Waals surface area contributed by atoms with E-state index >= 15 is 0 Å². The smallest absolute Gasteiger partial charge is 0.263 e. The first-order chi connectivity index (χ1) is 9.17. The summed E-state index contributed by atoms with van der Waals surface area (Å²) in [7, 11) is 0. The first-order valence-electron chi connectivity index (χ1n) is 6.03. The molecule has 0 aliphatic heterocycles. The lowest BCUT2D eigenvalue weighted by atomic mass is 10.2. The summed E-state index contributed by atoms with van der Waals surface area (Å²) in [5, 5.41) is 14.5. The summed E-state index contributed by atoms with van der Waals surface area (Å²) in [6, 6.07) is 9.71. The van der Waals surface area contributed by atoms with E-state index in [1.165, 1.54) is 6.20 Å². The van der Waals surface area contributed by atoms with Crippen LogP contribution in [-0.2, 0) is 11.3 Å². The lowest BCUT2D eigenvalue weighted by molar-refractivity contribution is -0.117. The minimum absolute atomic E-state index is 0.0885. The summed E-state index contributed by atoms with van der Waals surface area (Å²) in [5.41, 5.74) is 1.16. The molecule has 0 saturated heterocycles. The van der Waals surface area contributed by atoms with Gasteiger partial charge in [-0.2, -0.15) is 5.26 Å². The van der Waals surface area contributed by atoms with Crippen LogP contribution in [0.5, 0.6) is 0 Å². The molecule has 0 atom stereocenters. The van der Waals surface area contributed by atoms with Crippen LogP contribution in [0.15, 0.2) is 40.5 Å². The Morgan fingerprint density at radius 2 is 2.11 bits per heavy atom. The molecule has 1 amide bonds. The topological polar surface area (TPSA) is 64.9 Å². The van der Waals surface area contributed by atoms with Crippen LogP contribution in [0.3, 0.4) is 0 Å². The van der Waals surface area contributed by atoms with Gasteiger partial charge < -0.3 is 10.6 Å². The van der Waals surface area contributed by atoms with E-state index < -0.39 is 0 Å². The molecule has 0 aliphatic rings. The van der Waals surface area contributed by atoms with Gasteiger partial charge in [0.15, 0.2) is 0 Å². The van der Waals surface area contributed by atoms with Crippen LogP contribution >= 0.6 is 15.9 Å². The van der Waals surface area contributed by atoms with Gasteiger partial charge in [-0.3, -0.25) is 4.79 Å². The molecule has 0 radical (unpaired) electrons. The lowest BCUT2D eigenvalue weighted by Gasteiger charge is -2.04. The number of carbonyl (C=O) groups excluding carboxylic acids is 1. The quantitative estimate of drug-likeness (QED) is 0.625. The Labute approximate surface area is 121 Å². The Morgan fingerprint density at radius 1 is 1.42 bits per heavy atom. The molecule has 0 heterocycles. The van der Waals surface area contributed by atoms with E-state index in [1.54, 1.807) is 0 Å². The second-order valence-electron chi connectivity index (χ2n) is 3.93. The molecule has 0 aromatic heterocycles. The summed E-state index contributed by atoms with van der Waals surface area (Å²) >= 11 is 3.36. The number of nitrogens with zero attached hydrogens (tertiary/aromatic N) is 1. The third-order valence-electron chi connectivity index (χ3n) is 2.37. The molecule has 0 bridgehead atoms. The van der Waals surface area contributed by atoms with Crippen molar-refractivity contribution in [3.63, 3.8) is 0 Å². The van der Waals surface area contributed by atoms with E-state index in [4.69, 9.17) is 5.26 Å². The van der Waals surface area contributed by atoms with Crippen LogP contribution in [0.4, 0.5) is 0 Å². The van der Waals surface area contributed by atoms with Crippen LogP contribution in [0.1, 0.15) is 18.9 Å². The highest BCUT2D eigenvalue weighted by Crippen LogP contribution is 2.10. The molecular formula is C14H16BrN3O. The van der Waals surface area contributed by atoms with Crippen molar-refractivity contribution in [2.75, 3.05) is 6.54 Å². The Balaban J connectivity index is 2.51. The van der Waals surface area contributed by atoms with Crippen molar-refractivity contribution in [3.8, 4) is 6.07 Å². The molecule has 0 saturated carbocycles. The van der Waals surface area contributed by atoms with E-state index in [-0.39, 0.29) is 11.5 Å². The highest BCUT2D eigenvalue weighted by atomic mass is 79.9. The molecule has 0 spiro atoms. The van der Waals surface area contributed by atoms with Crippen LogP contribution in [0.25, 0.3) is 0 Å². The normalized spacial score (nSPS) is 10.7. The molecule has 0 fully saturated rings. The van der Waals surface area contributed by atoms with Crippen LogP contribution in [0, 0.1) is 11.3 Å². The summed E-state index contributed by atoms with van der Waals surface area (Å²) in [4.78, 5) is 11.6. The first-order valence-corrected chi connectivity index (χ1v) is 6.83. The fraction of sp³-hybridized carbons (Fsp3) is 0.286. The maximum atomic E-state index is 11.6. The lowest BCUT2D eigenvalue weighted by Crippen LogP contribution is -2.26. The van der Waals surface area contributed by atoms with Crippen molar-refractivity contribution in [1.82, 2.24) is 10.6 Å². The van der Waals surface area contributed by atoms with E-state index in [2.05, 4.69) is 26.6 Å². The van der Waals surface area contributed by atoms with E-state index in [0.29, 0.717) is 13.1 Å². The van der Waals surface area contributed by atoms with Gasteiger partial charge in [0, 0.05) is 23.8 Å². The molecule has 2 N–H and O–H groups in total. The molecule has 5 heteroatoms. The molecule has 19 heavy (non-hydrogen) atoms. The summed E-state index contributed by atoms with van der Waals surface area (Å²) in [6.07, 6.45) is 2.30. The fourth-order valence-electron chi connectivity index (χ4n) is 1.36. The van der Waals surface area contributed by atoms with Gasteiger partial charge in [0.25, 0.3) is 5.91 Å². The number of hydrogen-bond donors (Lipinski definition) is 2. The monoisotopic (exact) mass is 321 g/mol. The van der Waals surface area contributed by atoms with Crippen molar-refractivity contribution in [2.45, 2.75) is 19.9 Å². The predicted octanol–water partition coefficient (Wildman–Crippen LogP) is 2.47. The summed E-state index contributed by atoms with van der Waals surface area (Å²) in [6.45, 7) is 3.10. The highest BCUT2D eigenvalue weighted by Gasteiger charge is 2.06. The fourth-order valence-corrected chi connectivity index (χ4v) is 1.62. The van der Waals surface area contributed by atoms with Crippen molar-refractivity contribution in [3.05, 3.63) is 46.1 Å². The number of halogens is 1. The highest BCUT2D eigenvalue weighted by molar-refractivity contribution is 9.10. The minimum atomic E-state index is -0.340. The third-order valence-corrected chi connectivity index (χ3v) is 2.90. The van der Waals surface area contributed by atoms with Crippen molar-refractivity contribution < 1.29 is 4.79 Å². The molecule has 4 nitrogen and oxygen atoms in total. The zero-order chi connectivity index (χ0) is 14.1. The van der Waals surface area contributed by atoms with Crippen LogP contribution in [0.2, 0.25) is 0 Å². The number of rotatable bonds is 6. The average Bonchev–Trinajstić information content (AvgIpc) is 2.43. The number of hydrogen-bond acceptors (Lipinski definition) is 3. The summed E-state index contributed by atoms with van der Waals surface area (Å²) < 4.78 is 1.02. The van der Waals surface area contributed by atoms with Gasteiger partial charge in [-0.25, -0.2) is 0 Å². The van der Waals surface area contributed by atoms with Gasteiger partial charge in [0.1, 0.15) is 11.6 Å². The van der Waals surface area contributed by atoms with Gasteiger partial charge in [-0.1, -0.05) is 35.0 Å². The van der Waals surface area contributed by atoms with Gasteiger partial charge in [0.05, 0.1) is 0 Å². The Hall–Kier alpha value is -1.80. The molecular weight excluding hydrogens is 306 g/mol. The number of carbonyl (C=O) groups is 1. The van der Waals surface area contributed by atoms with Gasteiger partial charge >= 0.3 is 0 Å². The molecule has 100 valence electrons. The first kappa shape index (κ1) is 15.3. The molecule has 1 aromatic carbocycles. The van der Waals surface area contributed by atoms with Gasteiger partial charge in [-0.15, -0.1) is 0 Å². The predicted molar refractivity (Wildman–Crippen MR) is 78.0 cm³/mol. The molecule has 0 unspecified atom stereocenters. The van der Waals surface area contributed by atoms with E-state index in [0.717, 1.165) is 16.5 Å². The number of amides is 1. The third kappa shape index (κ3) is 5.58. The van der Waals surface area contributed by atoms with Crippen LogP contribution < -0.4 is 10.6 Å². The average molecular weight is 322 g/mol. The van der Waals surface area contributed by atoms with Gasteiger partial charge in [-0.05, 0) is 24.1 Å². The van der Waals surface area contributed by atoms with Crippen molar-refractivity contribution in [1.29, 1.82) is 5.26 Å². The minimum Gasteiger partial charge on any atom is -0.386 e. The zero-order valence-electron chi connectivity index (χ0n) is 10.7. The largest absolute Gasteiger partial charge is 0.386 e. The van der Waals surface area contributed by atoms with E-state index in [1.807, 2.05) is 37.3 Å². The number of nitriles is 1. The maximum Gasteiger partial charge on any atom is 0.263 e. The maximum absolute atomic E-state index is 11.6. The van der Waals surface area contributed by atoms with E-state index in [9.17, 15) is 4.79 Å². The summed E-state index contributed by atoms with van der Waals surface area (Å²) in [5.74, 6) is -0.340. The van der Waals surface area contributed by atoms with Gasteiger partial charge in [0.2, 0.25) is 0 Å². The van der Waals surface area contributed by atoms with Crippen LogP contribution in [-0.4, -0.2) is 12.5 Å². The number of benzene rings is 1. The zero-order valence-corrected chi connectivity index (χ0v) is 12.3. The Kier molecular flexibility index (Phi) is 6.69. The van der Waals surface area contributed by atoms with Crippen molar-refractivity contribution in [2.24, 2.45) is 0 Å². The SMILES string of the molecule is CCCNC(=O)/C(C#N)=C\NCc1ccc(Br)cc1. The Bertz CT molecular complexity index is 488. The standard InChI is InChI=1S/C14H16BrN3O/c1-2-7-18-14(19)12(8-16)10-17-9-11-3-5-13(15)6-4-11/h3-6,10,17H,2,7,9H2,1H3,(H,18,19)/b12-10-. The Morgan fingerprint density at radius 3 is 2.68 bits per heavy atom. The molecule has 1 rings (SSSR count). The van der Waals surface area contributed by atoms with Crippen molar-refractivity contribution >= 4 is 21.8 Å².